The topological polar surface area (TPSA) is 45.2 Å². The molecule has 1 N–H and O–H groups in total. The molecule has 1 aromatic carbocycles. The van der Waals surface area contributed by atoms with Crippen LogP contribution in [-0.2, 0) is 4.79 Å². The van der Waals surface area contributed by atoms with Crippen LogP contribution in [0.25, 0.3) is 11.3 Å². The molecule has 21 heavy (non-hydrogen) atoms. The summed E-state index contributed by atoms with van der Waals surface area (Å²) in [5, 5.41) is 6.31. The lowest BCUT2D eigenvalue weighted by atomic mass is 10.1. The molecule has 1 fully saturated rings. The first-order valence-electron chi connectivity index (χ1n) is 7.26. The molecule has 0 unspecified atom stereocenters. The van der Waals surface area contributed by atoms with Crippen molar-refractivity contribution >= 4 is 28.1 Å². The Balaban J connectivity index is 1.77. The lowest BCUT2D eigenvalue weighted by molar-refractivity contribution is -0.117. The van der Waals surface area contributed by atoms with Crippen LogP contribution in [0.1, 0.15) is 26.7 Å². The zero-order chi connectivity index (χ0) is 14.8. The first-order valence-corrected chi connectivity index (χ1v) is 8.14. The first kappa shape index (κ1) is 14.1. The van der Waals surface area contributed by atoms with Crippen LogP contribution in [0, 0.1) is 0 Å². The third-order valence-electron chi connectivity index (χ3n) is 3.46. The minimum Gasteiger partial charge on any atom is -0.359 e. The van der Waals surface area contributed by atoms with E-state index in [1.54, 1.807) is 11.3 Å². The fourth-order valence-electron chi connectivity index (χ4n) is 2.45. The third kappa shape index (κ3) is 3.08. The van der Waals surface area contributed by atoms with E-state index in [9.17, 15) is 4.79 Å². The molecule has 5 heteroatoms. The summed E-state index contributed by atoms with van der Waals surface area (Å²) in [5.41, 5.74) is 3.04. The Morgan fingerprint density at radius 2 is 2.05 bits per heavy atom. The van der Waals surface area contributed by atoms with Crippen LogP contribution in [0.15, 0.2) is 29.6 Å². The van der Waals surface area contributed by atoms with Gasteiger partial charge in [-0.1, -0.05) is 12.1 Å². The molecule has 0 atom stereocenters. The van der Waals surface area contributed by atoms with Gasteiger partial charge in [0.1, 0.15) is 0 Å². The van der Waals surface area contributed by atoms with Gasteiger partial charge in [-0.25, -0.2) is 4.98 Å². The molecule has 3 rings (SSSR count). The fourth-order valence-corrected chi connectivity index (χ4v) is 3.32. The maximum absolute atomic E-state index is 11.7. The van der Waals surface area contributed by atoms with Gasteiger partial charge in [0.15, 0.2) is 5.13 Å². The molecule has 0 radical (unpaired) electrons. The summed E-state index contributed by atoms with van der Waals surface area (Å²) in [6.45, 7) is 5.03. The average Bonchev–Trinajstić information content (AvgIpc) is 3.07. The van der Waals surface area contributed by atoms with E-state index in [4.69, 9.17) is 0 Å². The van der Waals surface area contributed by atoms with Gasteiger partial charge in [0, 0.05) is 35.6 Å². The van der Waals surface area contributed by atoms with Gasteiger partial charge in [0.05, 0.1) is 5.69 Å². The highest BCUT2D eigenvalue weighted by atomic mass is 32.1. The van der Waals surface area contributed by atoms with E-state index in [1.165, 1.54) is 0 Å². The van der Waals surface area contributed by atoms with Crippen molar-refractivity contribution in [2.24, 2.45) is 0 Å². The predicted molar refractivity (Wildman–Crippen MR) is 87.9 cm³/mol. The summed E-state index contributed by atoms with van der Waals surface area (Å²) in [6.07, 6.45) is 1.62. The Morgan fingerprint density at radius 3 is 2.67 bits per heavy atom. The van der Waals surface area contributed by atoms with Crippen molar-refractivity contribution < 1.29 is 4.79 Å². The number of anilines is 2. The number of hydrogen-bond acceptors (Lipinski definition) is 4. The van der Waals surface area contributed by atoms with Crippen LogP contribution in [0.5, 0.6) is 0 Å². The summed E-state index contributed by atoms with van der Waals surface area (Å²) in [4.78, 5) is 18.2. The molecule has 1 aliphatic heterocycles. The molecular formula is C16H19N3OS. The van der Waals surface area contributed by atoms with E-state index in [0.717, 1.165) is 35.0 Å². The molecule has 0 saturated carbocycles. The fraction of sp³-hybridized carbons (Fsp3) is 0.375. The van der Waals surface area contributed by atoms with Crippen molar-refractivity contribution in [3.05, 3.63) is 29.6 Å². The van der Waals surface area contributed by atoms with Gasteiger partial charge < -0.3 is 10.2 Å². The summed E-state index contributed by atoms with van der Waals surface area (Å²) >= 11 is 1.62. The number of aromatic nitrogens is 1. The Labute approximate surface area is 128 Å². The summed E-state index contributed by atoms with van der Waals surface area (Å²) in [5.74, 6) is 0.222. The summed E-state index contributed by atoms with van der Waals surface area (Å²) in [6, 6.07) is 8.47. The van der Waals surface area contributed by atoms with Crippen molar-refractivity contribution in [3.8, 4) is 11.3 Å². The minimum absolute atomic E-state index is 0.222. The molecular weight excluding hydrogens is 282 g/mol. The number of nitrogens with one attached hydrogen (secondary N) is 1. The third-order valence-corrected chi connectivity index (χ3v) is 4.24. The lowest BCUT2D eigenvalue weighted by Crippen LogP contribution is -2.23. The van der Waals surface area contributed by atoms with Crippen LogP contribution in [0.3, 0.4) is 0 Å². The lowest BCUT2D eigenvalue weighted by Gasteiger charge is -2.15. The zero-order valence-electron chi connectivity index (χ0n) is 12.3. The number of nitrogens with zero attached hydrogens (tertiary/aromatic N) is 2. The van der Waals surface area contributed by atoms with E-state index in [1.807, 2.05) is 29.2 Å². The molecule has 0 spiro atoms. The molecule has 1 aromatic heterocycles. The highest BCUT2D eigenvalue weighted by Gasteiger charge is 2.21. The Hall–Kier alpha value is -1.88. The zero-order valence-corrected chi connectivity index (χ0v) is 13.1. The van der Waals surface area contributed by atoms with Crippen LogP contribution in [-0.4, -0.2) is 23.5 Å². The largest absolute Gasteiger partial charge is 0.359 e. The molecule has 4 nitrogen and oxygen atoms in total. The van der Waals surface area contributed by atoms with Crippen LogP contribution in [0.2, 0.25) is 0 Å². The smallest absolute Gasteiger partial charge is 0.227 e. The summed E-state index contributed by atoms with van der Waals surface area (Å²) < 4.78 is 0. The van der Waals surface area contributed by atoms with E-state index in [0.29, 0.717) is 12.5 Å². The second kappa shape index (κ2) is 5.85. The number of carbonyl (C=O) groups is 1. The van der Waals surface area contributed by atoms with Gasteiger partial charge in [0.2, 0.25) is 5.91 Å². The molecule has 2 heterocycles. The average molecular weight is 301 g/mol. The van der Waals surface area contributed by atoms with E-state index < -0.39 is 0 Å². The SMILES string of the molecule is CC(C)Nc1nc(-c2ccc(N3CCCC3=O)cc2)cs1. The number of amides is 1. The van der Waals surface area contributed by atoms with E-state index >= 15 is 0 Å². The number of rotatable bonds is 4. The number of hydrogen-bond donors (Lipinski definition) is 1. The Bertz CT molecular complexity index is 633. The monoisotopic (exact) mass is 301 g/mol. The van der Waals surface area contributed by atoms with Crippen molar-refractivity contribution in [3.63, 3.8) is 0 Å². The molecule has 1 saturated heterocycles. The van der Waals surface area contributed by atoms with Crippen LogP contribution in [0.4, 0.5) is 10.8 Å². The van der Waals surface area contributed by atoms with Crippen molar-refractivity contribution in [1.82, 2.24) is 4.98 Å². The normalized spacial score (nSPS) is 15.0. The number of carbonyl (C=O) groups excluding carboxylic acids is 1. The van der Waals surface area contributed by atoms with Crippen molar-refractivity contribution in [2.45, 2.75) is 32.7 Å². The van der Waals surface area contributed by atoms with Gasteiger partial charge in [-0.2, -0.15) is 0 Å². The highest BCUT2D eigenvalue weighted by molar-refractivity contribution is 7.14. The standard InChI is InChI=1S/C16H19N3OS/c1-11(2)17-16-18-14(10-21-16)12-5-7-13(8-6-12)19-9-3-4-15(19)20/h5-8,10-11H,3-4,9H2,1-2H3,(H,17,18). The van der Waals surface area contributed by atoms with Gasteiger partial charge in [-0.15, -0.1) is 11.3 Å². The second-order valence-electron chi connectivity index (χ2n) is 5.53. The van der Waals surface area contributed by atoms with Gasteiger partial charge in [0.25, 0.3) is 0 Å². The van der Waals surface area contributed by atoms with Crippen molar-refractivity contribution in [2.75, 3.05) is 16.8 Å². The summed E-state index contributed by atoms with van der Waals surface area (Å²) in [7, 11) is 0. The van der Waals surface area contributed by atoms with Gasteiger partial charge in [-0.05, 0) is 32.4 Å². The van der Waals surface area contributed by atoms with Crippen LogP contribution >= 0.6 is 11.3 Å². The highest BCUT2D eigenvalue weighted by Crippen LogP contribution is 2.28. The van der Waals surface area contributed by atoms with Crippen LogP contribution < -0.4 is 10.2 Å². The number of benzene rings is 1. The van der Waals surface area contributed by atoms with Crippen molar-refractivity contribution in [1.29, 1.82) is 0 Å². The molecule has 0 bridgehead atoms. The Morgan fingerprint density at radius 1 is 1.29 bits per heavy atom. The van der Waals surface area contributed by atoms with Gasteiger partial charge in [-0.3, -0.25) is 4.79 Å². The molecule has 1 amide bonds. The number of thiazole rings is 1. The molecule has 2 aromatic rings. The van der Waals surface area contributed by atoms with E-state index in [2.05, 4.69) is 29.5 Å². The maximum atomic E-state index is 11.7. The minimum atomic E-state index is 0.222. The first-order chi connectivity index (χ1) is 10.1. The Kier molecular flexibility index (Phi) is 3.92. The molecule has 0 aliphatic carbocycles. The van der Waals surface area contributed by atoms with E-state index in [-0.39, 0.29) is 5.91 Å². The predicted octanol–water partition coefficient (Wildman–Crippen LogP) is 3.76. The van der Waals surface area contributed by atoms with Gasteiger partial charge >= 0.3 is 0 Å². The maximum Gasteiger partial charge on any atom is 0.227 e. The molecule has 110 valence electrons. The quantitative estimate of drug-likeness (QED) is 0.935. The molecule has 1 aliphatic rings. The second-order valence-corrected chi connectivity index (χ2v) is 6.39.